The summed E-state index contributed by atoms with van der Waals surface area (Å²) >= 11 is 13.3. The Bertz CT molecular complexity index is 843. The van der Waals surface area contributed by atoms with Gasteiger partial charge in [-0.3, -0.25) is 9.59 Å². The van der Waals surface area contributed by atoms with Crippen molar-refractivity contribution in [2.75, 3.05) is 17.3 Å². The number of hydrogen-bond acceptors (Lipinski definition) is 3. The van der Waals surface area contributed by atoms with Crippen LogP contribution in [0.2, 0.25) is 10.0 Å². The number of benzene rings is 2. The van der Waals surface area contributed by atoms with E-state index in [1.807, 2.05) is 24.3 Å². The van der Waals surface area contributed by atoms with Crippen LogP contribution in [0.25, 0.3) is 0 Å². The van der Waals surface area contributed by atoms with Gasteiger partial charge in [-0.05, 0) is 37.3 Å². The van der Waals surface area contributed by atoms with Crippen LogP contribution in [0.15, 0.2) is 47.4 Å². The van der Waals surface area contributed by atoms with Gasteiger partial charge in [0, 0.05) is 17.0 Å². The molecule has 2 amide bonds. The third-order valence-electron chi connectivity index (χ3n) is 3.86. The van der Waals surface area contributed by atoms with Gasteiger partial charge in [-0.15, -0.1) is 0 Å². The first-order chi connectivity index (χ1) is 11.3. The van der Waals surface area contributed by atoms with E-state index in [1.165, 1.54) is 16.7 Å². The van der Waals surface area contributed by atoms with Crippen LogP contribution >= 0.6 is 35.0 Å². The lowest BCUT2D eigenvalue weighted by Gasteiger charge is -2.37. The van der Waals surface area contributed by atoms with Crippen molar-refractivity contribution < 1.29 is 9.59 Å². The second-order valence-corrected chi connectivity index (χ2v) is 7.85. The van der Waals surface area contributed by atoms with Gasteiger partial charge in [0.05, 0.1) is 16.4 Å². The van der Waals surface area contributed by atoms with E-state index in [9.17, 15) is 9.59 Å². The maximum Gasteiger partial charge on any atom is 0.252 e. The fourth-order valence-electron chi connectivity index (χ4n) is 2.49. The number of fused-ring (bicyclic) bond motifs is 1. The van der Waals surface area contributed by atoms with Crippen LogP contribution in [0.5, 0.6) is 0 Å². The van der Waals surface area contributed by atoms with E-state index < -0.39 is 10.7 Å². The lowest BCUT2D eigenvalue weighted by atomic mass is 10.1. The van der Waals surface area contributed by atoms with Crippen LogP contribution in [-0.4, -0.2) is 23.6 Å². The summed E-state index contributed by atoms with van der Waals surface area (Å²) < 4.78 is -1.30. The van der Waals surface area contributed by atoms with Crippen molar-refractivity contribution in [3.63, 3.8) is 0 Å². The SMILES string of the molecule is CN1C(=O)C(C)(C(=O)Nc2cc(Cl)ccc2Cl)Sc2ccccc21. The predicted octanol–water partition coefficient (Wildman–Crippen LogP) is 4.46. The van der Waals surface area contributed by atoms with Crippen LogP contribution < -0.4 is 10.2 Å². The number of thioether (sulfide) groups is 1. The van der Waals surface area contributed by atoms with Crippen LogP contribution in [-0.2, 0) is 9.59 Å². The first kappa shape index (κ1) is 17.1. The Labute approximate surface area is 154 Å². The number of carbonyl (C=O) groups is 2. The van der Waals surface area contributed by atoms with Crippen molar-refractivity contribution in [1.82, 2.24) is 0 Å². The Morgan fingerprint density at radius 2 is 1.92 bits per heavy atom. The highest BCUT2D eigenvalue weighted by atomic mass is 35.5. The summed E-state index contributed by atoms with van der Waals surface area (Å²) in [7, 11) is 1.67. The van der Waals surface area contributed by atoms with E-state index in [2.05, 4.69) is 5.32 Å². The number of rotatable bonds is 2. The highest BCUT2D eigenvalue weighted by molar-refractivity contribution is 8.02. The largest absolute Gasteiger partial charge is 0.323 e. The highest BCUT2D eigenvalue weighted by Gasteiger charge is 2.48. The average Bonchev–Trinajstić information content (AvgIpc) is 2.56. The lowest BCUT2D eigenvalue weighted by molar-refractivity contribution is -0.128. The molecule has 1 unspecified atom stereocenters. The Morgan fingerprint density at radius 1 is 1.21 bits per heavy atom. The maximum absolute atomic E-state index is 12.8. The standard InChI is InChI=1S/C17H14Cl2N2O2S/c1-17(15(22)20-12-9-10(18)7-8-11(12)19)16(23)21(2)13-5-3-4-6-14(13)24-17/h3-9H,1-2H3,(H,20,22). The molecule has 1 atom stereocenters. The van der Waals surface area contributed by atoms with Gasteiger partial charge in [0.1, 0.15) is 0 Å². The number of carbonyl (C=O) groups excluding carboxylic acids is 2. The molecule has 7 heteroatoms. The van der Waals surface area contributed by atoms with Crippen LogP contribution in [0.4, 0.5) is 11.4 Å². The van der Waals surface area contributed by atoms with E-state index in [0.29, 0.717) is 15.7 Å². The Balaban J connectivity index is 1.94. The predicted molar refractivity (Wildman–Crippen MR) is 99.2 cm³/mol. The molecule has 0 fully saturated rings. The van der Waals surface area contributed by atoms with Gasteiger partial charge in [0.2, 0.25) is 5.91 Å². The van der Waals surface area contributed by atoms with Gasteiger partial charge in [-0.1, -0.05) is 47.1 Å². The summed E-state index contributed by atoms with van der Waals surface area (Å²) in [6.45, 7) is 1.61. The molecule has 0 aromatic heterocycles. The number of halogens is 2. The summed E-state index contributed by atoms with van der Waals surface area (Å²) in [6.07, 6.45) is 0. The summed E-state index contributed by atoms with van der Waals surface area (Å²) in [5, 5.41) is 3.53. The molecular formula is C17H14Cl2N2O2S. The summed E-state index contributed by atoms with van der Waals surface area (Å²) in [6, 6.07) is 12.3. The zero-order valence-corrected chi connectivity index (χ0v) is 15.3. The van der Waals surface area contributed by atoms with E-state index in [1.54, 1.807) is 32.2 Å². The fourth-order valence-corrected chi connectivity index (χ4v) is 4.09. The summed E-state index contributed by atoms with van der Waals surface area (Å²) in [4.78, 5) is 28.0. The monoisotopic (exact) mass is 380 g/mol. The number of nitrogens with zero attached hydrogens (tertiary/aromatic N) is 1. The van der Waals surface area contributed by atoms with Gasteiger partial charge in [0.15, 0.2) is 4.75 Å². The molecule has 1 aliphatic rings. The number of hydrogen-bond donors (Lipinski definition) is 1. The number of anilines is 2. The fraction of sp³-hybridized carbons (Fsp3) is 0.176. The molecule has 2 aromatic carbocycles. The van der Waals surface area contributed by atoms with Gasteiger partial charge in [0.25, 0.3) is 5.91 Å². The third kappa shape index (κ3) is 2.88. The van der Waals surface area contributed by atoms with Crippen molar-refractivity contribution in [3.8, 4) is 0 Å². The average molecular weight is 381 g/mol. The van der Waals surface area contributed by atoms with Crippen LogP contribution in [0.1, 0.15) is 6.92 Å². The van der Waals surface area contributed by atoms with Crippen molar-refractivity contribution in [2.24, 2.45) is 0 Å². The van der Waals surface area contributed by atoms with Crippen LogP contribution in [0, 0.1) is 0 Å². The van der Waals surface area contributed by atoms with E-state index in [4.69, 9.17) is 23.2 Å². The minimum absolute atomic E-state index is 0.290. The molecule has 1 N–H and O–H groups in total. The zero-order valence-electron chi connectivity index (χ0n) is 13.0. The molecule has 2 aromatic rings. The molecule has 3 rings (SSSR count). The number of amides is 2. The van der Waals surface area contributed by atoms with E-state index in [0.717, 1.165) is 10.6 Å². The third-order valence-corrected chi connectivity index (χ3v) is 5.76. The highest BCUT2D eigenvalue weighted by Crippen LogP contribution is 2.45. The maximum atomic E-state index is 12.8. The second-order valence-electron chi connectivity index (χ2n) is 5.55. The molecule has 1 aliphatic heterocycles. The molecule has 0 radical (unpaired) electrons. The summed E-state index contributed by atoms with van der Waals surface area (Å²) in [5.41, 5.74) is 1.17. The van der Waals surface area contributed by atoms with Gasteiger partial charge in [-0.25, -0.2) is 0 Å². The van der Waals surface area contributed by atoms with Crippen LogP contribution in [0.3, 0.4) is 0 Å². The normalized spacial score (nSPS) is 19.8. The molecule has 0 spiro atoms. The van der Waals surface area contributed by atoms with E-state index in [-0.39, 0.29) is 5.91 Å². The minimum Gasteiger partial charge on any atom is -0.323 e. The molecule has 1 heterocycles. The quantitative estimate of drug-likeness (QED) is 0.782. The first-order valence-electron chi connectivity index (χ1n) is 7.15. The number of nitrogens with one attached hydrogen (secondary N) is 1. The zero-order chi connectivity index (χ0) is 17.5. The second kappa shape index (κ2) is 6.31. The van der Waals surface area contributed by atoms with Gasteiger partial charge < -0.3 is 10.2 Å². The van der Waals surface area contributed by atoms with Crippen molar-refractivity contribution in [1.29, 1.82) is 0 Å². The van der Waals surface area contributed by atoms with Gasteiger partial charge >= 0.3 is 0 Å². The molecule has 24 heavy (non-hydrogen) atoms. The summed E-state index contributed by atoms with van der Waals surface area (Å²) in [5.74, 6) is -0.732. The van der Waals surface area contributed by atoms with Crippen molar-refractivity contribution in [2.45, 2.75) is 16.6 Å². The van der Waals surface area contributed by atoms with E-state index >= 15 is 0 Å². The Hall–Kier alpha value is -1.69. The molecule has 124 valence electrons. The van der Waals surface area contributed by atoms with Crippen molar-refractivity contribution >= 4 is 58.2 Å². The molecule has 0 saturated carbocycles. The van der Waals surface area contributed by atoms with Gasteiger partial charge in [-0.2, -0.15) is 0 Å². The Kier molecular flexibility index (Phi) is 4.51. The Morgan fingerprint density at radius 3 is 2.67 bits per heavy atom. The number of para-hydroxylation sites is 1. The minimum atomic E-state index is -1.30. The molecule has 4 nitrogen and oxygen atoms in total. The lowest BCUT2D eigenvalue weighted by Crippen LogP contribution is -2.53. The smallest absolute Gasteiger partial charge is 0.252 e. The molecule has 0 bridgehead atoms. The molecule has 0 saturated heterocycles. The van der Waals surface area contributed by atoms with Crippen molar-refractivity contribution in [3.05, 3.63) is 52.5 Å². The molecular weight excluding hydrogens is 367 g/mol. The molecule has 0 aliphatic carbocycles. The topological polar surface area (TPSA) is 49.4 Å². The first-order valence-corrected chi connectivity index (χ1v) is 8.73.